The summed E-state index contributed by atoms with van der Waals surface area (Å²) in [5.74, 6) is -0.353. The minimum absolute atomic E-state index is 0.173. The number of benzene rings is 1. The minimum atomic E-state index is -0.480. The Morgan fingerprint density at radius 1 is 1.22 bits per heavy atom. The topological polar surface area (TPSA) is 67.9 Å². The van der Waals surface area contributed by atoms with Gasteiger partial charge in [-0.25, -0.2) is 9.59 Å². The van der Waals surface area contributed by atoms with Crippen molar-refractivity contribution in [1.82, 2.24) is 4.90 Å². The summed E-state index contributed by atoms with van der Waals surface area (Å²) in [6.07, 6.45) is 0.584. The number of hydrogen-bond acceptors (Lipinski definition) is 5. The van der Waals surface area contributed by atoms with Crippen molar-refractivity contribution in [3.63, 3.8) is 0 Å². The molecule has 1 aliphatic rings. The summed E-state index contributed by atoms with van der Waals surface area (Å²) in [5, 5.41) is 3.37. The van der Waals surface area contributed by atoms with Crippen LogP contribution in [0.15, 0.2) is 24.3 Å². The predicted octanol–water partition coefficient (Wildman–Crippen LogP) is 2.89. The summed E-state index contributed by atoms with van der Waals surface area (Å²) < 4.78 is 10.1. The number of carbonyl (C=O) groups is 2. The summed E-state index contributed by atoms with van der Waals surface area (Å²) in [6.45, 7) is 6.86. The molecule has 1 amide bonds. The highest BCUT2D eigenvalue weighted by atomic mass is 16.6. The fourth-order valence-corrected chi connectivity index (χ4v) is 2.43. The summed E-state index contributed by atoms with van der Waals surface area (Å²) >= 11 is 0. The van der Waals surface area contributed by atoms with Crippen molar-refractivity contribution in [3.8, 4) is 0 Å². The van der Waals surface area contributed by atoms with Gasteiger partial charge >= 0.3 is 12.1 Å². The van der Waals surface area contributed by atoms with E-state index in [9.17, 15) is 9.59 Å². The van der Waals surface area contributed by atoms with Gasteiger partial charge < -0.3 is 19.7 Å². The van der Waals surface area contributed by atoms with E-state index >= 15 is 0 Å². The van der Waals surface area contributed by atoms with Gasteiger partial charge in [0, 0.05) is 24.8 Å². The molecule has 1 saturated heterocycles. The van der Waals surface area contributed by atoms with Gasteiger partial charge in [0.05, 0.1) is 12.7 Å². The number of methoxy groups -OCH3 is 1. The molecule has 1 heterocycles. The molecule has 1 fully saturated rings. The van der Waals surface area contributed by atoms with Crippen LogP contribution in [-0.4, -0.2) is 48.8 Å². The highest BCUT2D eigenvalue weighted by molar-refractivity contribution is 5.89. The first-order valence-electron chi connectivity index (χ1n) is 7.71. The van der Waals surface area contributed by atoms with Crippen LogP contribution in [0, 0.1) is 0 Å². The first-order chi connectivity index (χ1) is 10.8. The summed E-state index contributed by atoms with van der Waals surface area (Å²) in [6, 6.07) is 7.28. The largest absolute Gasteiger partial charge is 0.465 e. The Labute approximate surface area is 136 Å². The molecule has 0 aromatic heterocycles. The summed E-state index contributed by atoms with van der Waals surface area (Å²) in [4.78, 5) is 25.2. The SMILES string of the molecule is COC(=O)c1ccc(NC2CCN(C(=O)OC(C)(C)C)C2)cc1. The van der Waals surface area contributed by atoms with E-state index in [0.29, 0.717) is 18.7 Å². The third-order valence-corrected chi connectivity index (χ3v) is 3.52. The molecule has 2 rings (SSSR count). The van der Waals surface area contributed by atoms with Crippen molar-refractivity contribution in [3.05, 3.63) is 29.8 Å². The number of rotatable bonds is 3. The first kappa shape index (κ1) is 17.1. The van der Waals surface area contributed by atoms with E-state index in [1.165, 1.54) is 7.11 Å². The van der Waals surface area contributed by atoms with Gasteiger partial charge in [0.1, 0.15) is 5.60 Å². The van der Waals surface area contributed by atoms with E-state index in [-0.39, 0.29) is 18.1 Å². The molecule has 126 valence electrons. The Hall–Kier alpha value is -2.24. The molecule has 1 aromatic rings. The van der Waals surface area contributed by atoms with Gasteiger partial charge in [0.2, 0.25) is 0 Å². The number of esters is 1. The van der Waals surface area contributed by atoms with E-state index < -0.39 is 5.60 Å². The van der Waals surface area contributed by atoms with Gasteiger partial charge in [0.25, 0.3) is 0 Å². The van der Waals surface area contributed by atoms with Crippen LogP contribution in [-0.2, 0) is 9.47 Å². The van der Waals surface area contributed by atoms with Gasteiger partial charge in [-0.1, -0.05) is 0 Å². The van der Waals surface area contributed by atoms with Crippen molar-refractivity contribution in [2.45, 2.75) is 38.8 Å². The number of ether oxygens (including phenoxy) is 2. The van der Waals surface area contributed by atoms with Crippen LogP contribution >= 0.6 is 0 Å². The number of hydrogen-bond donors (Lipinski definition) is 1. The lowest BCUT2D eigenvalue weighted by Gasteiger charge is -2.24. The average Bonchev–Trinajstić information content (AvgIpc) is 2.94. The van der Waals surface area contributed by atoms with Crippen molar-refractivity contribution in [2.75, 3.05) is 25.5 Å². The molecule has 0 spiro atoms. The number of likely N-dealkylation sites (tertiary alicyclic amines) is 1. The van der Waals surface area contributed by atoms with Crippen LogP contribution in [0.5, 0.6) is 0 Å². The quantitative estimate of drug-likeness (QED) is 0.867. The van der Waals surface area contributed by atoms with Crippen molar-refractivity contribution >= 4 is 17.7 Å². The molecular formula is C17H24N2O4. The molecule has 0 radical (unpaired) electrons. The zero-order valence-electron chi connectivity index (χ0n) is 14.1. The van der Waals surface area contributed by atoms with Crippen LogP contribution in [0.1, 0.15) is 37.6 Å². The molecular weight excluding hydrogens is 296 g/mol. The average molecular weight is 320 g/mol. The second kappa shape index (κ2) is 6.89. The van der Waals surface area contributed by atoms with Crippen LogP contribution in [0.2, 0.25) is 0 Å². The number of nitrogens with zero attached hydrogens (tertiary/aromatic N) is 1. The van der Waals surface area contributed by atoms with Crippen LogP contribution in [0.25, 0.3) is 0 Å². The molecule has 1 aromatic carbocycles. The van der Waals surface area contributed by atoms with E-state index in [1.54, 1.807) is 17.0 Å². The Kier molecular flexibility index (Phi) is 5.13. The zero-order valence-corrected chi connectivity index (χ0v) is 14.1. The molecule has 1 unspecified atom stereocenters. The maximum Gasteiger partial charge on any atom is 0.410 e. The Morgan fingerprint density at radius 3 is 2.43 bits per heavy atom. The fraction of sp³-hybridized carbons (Fsp3) is 0.529. The molecule has 0 bridgehead atoms. The van der Waals surface area contributed by atoms with Crippen molar-refractivity contribution in [2.24, 2.45) is 0 Å². The molecule has 0 aliphatic carbocycles. The van der Waals surface area contributed by atoms with Crippen LogP contribution in [0.4, 0.5) is 10.5 Å². The predicted molar refractivity (Wildman–Crippen MR) is 87.6 cm³/mol. The van der Waals surface area contributed by atoms with Gasteiger partial charge in [0.15, 0.2) is 0 Å². The third-order valence-electron chi connectivity index (χ3n) is 3.52. The van der Waals surface area contributed by atoms with Crippen molar-refractivity contribution in [1.29, 1.82) is 0 Å². The van der Waals surface area contributed by atoms with Gasteiger partial charge in [-0.2, -0.15) is 0 Å². The van der Waals surface area contributed by atoms with E-state index in [1.807, 2.05) is 32.9 Å². The maximum atomic E-state index is 12.0. The Balaban J connectivity index is 1.88. The lowest BCUT2D eigenvalue weighted by molar-refractivity contribution is 0.0293. The molecule has 6 nitrogen and oxygen atoms in total. The normalized spacial score (nSPS) is 17.7. The first-order valence-corrected chi connectivity index (χ1v) is 7.71. The highest BCUT2D eigenvalue weighted by Crippen LogP contribution is 2.19. The monoisotopic (exact) mass is 320 g/mol. The number of anilines is 1. The number of carbonyl (C=O) groups excluding carboxylic acids is 2. The lowest BCUT2D eigenvalue weighted by Crippen LogP contribution is -2.36. The molecule has 23 heavy (non-hydrogen) atoms. The lowest BCUT2D eigenvalue weighted by atomic mass is 10.2. The minimum Gasteiger partial charge on any atom is -0.465 e. The van der Waals surface area contributed by atoms with E-state index in [2.05, 4.69) is 10.1 Å². The maximum absolute atomic E-state index is 12.0. The molecule has 6 heteroatoms. The van der Waals surface area contributed by atoms with Gasteiger partial charge in [-0.05, 0) is 51.5 Å². The highest BCUT2D eigenvalue weighted by Gasteiger charge is 2.29. The molecule has 1 atom stereocenters. The number of amides is 1. The second-order valence-electron chi connectivity index (χ2n) is 6.63. The van der Waals surface area contributed by atoms with Crippen molar-refractivity contribution < 1.29 is 19.1 Å². The van der Waals surface area contributed by atoms with E-state index in [0.717, 1.165) is 12.1 Å². The Morgan fingerprint density at radius 2 is 1.87 bits per heavy atom. The van der Waals surface area contributed by atoms with Crippen LogP contribution in [0.3, 0.4) is 0 Å². The number of nitrogens with one attached hydrogen (secondary N) is 1. The summed E-state index contributed by atoms with van der Waals surface area (Å²) in [7, 11) is 1.36. The zero-order chi connectivity index (χ0) is 17.0. The standard InChI is InChI=1S/C17H24N2O4/c1-17(2,3)23-16(21)19-10-9-14(11-19)18-13-7-5-12(6-8-13)15(20)22-4/h5-8,14,18H,9-11H2,1-4H3. The van der Waals surface area contributed by atoms with Crippen LogP contribution < -0.4 is 5.32 Å². The third kappa shape index (κ3) is 4.87. The van der Waals surface area contributed by atoms with E-state index in [4.69, 9.17) is 4.74 Å². The second-order valence-corrected chi connectivity index (χ2v) is 6.63. The van der Waals surface area contributed by atoms with Gasteiger partial charge in [-0.3, -0.25) is 0 Å². The fourth-order valence-electron chi connectivity index (χ4n) is 2.43. The molecule has 0 saturated carbocycles. The smallest absolute Gasteiger partial charge is 0.410 e. The molecule has 1 N–H and O–H groups in total. The Bertz CT molecular complexity index is 563. The molecule has 1 aliphatic heterocycles. The summed E-state index contributed by atoms with van der Waals surface area (Å²) in [5.41, 5.74) is 0.945. The van der Waals surface area contributed by atoms with Gasteiger partial charge in [-0.15, -0.1) is 0 Å².